The number of rotatable bonds is 8. The molecule has 9 nitrogen and oxygen atoms in total. The smallest absolute Gasteiger partial charge is 0.319 e. The maximum Gasteiger partial charge on any atom is 0.319 e. The summed E-state index contributed by atoms with van der Waals surface area (Å²) in [6.07, 6.45) is 3.66. The normalized spacial score (nSPS) is 14.7. The van der Waals surface area contributed by atoms with Crippen LogP contribution >= 0.6 is 11.6 Å². The summed E-state index contributed by atoms with van der Waals surface area (Å²) in [6.45, 7) is 2.18. The Morgan fingerprint density at radius 2 is 2.00 bits per heavy atom. The summed E-state index contributed by atoms with van der Waals surface area (Å²) in [7, 11) is 4.55. The van der Waals surface area contributed by atoms with Gasteiger partial charge in [-0.05, 0) is 25.7 Å². The van der Waals surface area contributed by atoms with Crippen LogP contribution in [0.1, 0.15) is 24.6 Å². The molecule has 0 aliphatic heterocycles. The largest absolute Gasteiger partial charge is 0.479 e. The molecule has 3 rings (SSSR count). The van der Waals surface area contributed by atoms with Crippen LogP contribution in [0.15, 0.2) is 11.0 Å². The Hall–Kier alpha value is -2.39. The number of nitrogens with zero attached hydrogens (tertiary/aromatic N) is 4. The molecule has 0 radical (unpaired) electrons. The number of hydrogen-bond donors (Lipinski definition) is 1. The van der Waals surface area contributed by atoms with E-state index in [0.29, 0.717) is 23.9 Å². The second-order valence-corrected chi connectivity index (χ2v) is 6.68. The van der Waals surface area contributed by atoms with Gasteiger partial charge in [-0.3, -0.25) is 4.79 Å². The predicted molar refractivity (Wildman–Crippen MR) is 100 cm³/mol. The highest BCUT2D eigenvalue weighted by molar-refractivity contribution is 6.29. The number of ether oxygens (including phenoxy) is 3. The molecule has 0 saturated heterocycles. The molecule has 10 heteroatoms. The van der Waals surface area contributed by atoms with E-state index in [0.717, 1.165) is 12.8 Å². The second-order valence-electron chi connectivity index (χ2n) is 6.29. The van der Waals surface area contributed by atoms with Crippen molar-refractivity contribution in [1.82, 2.24) is 19.5 Å². The Morgan fingerprint density at radius 1 is 1.26 bits per heavy atom. The minimum absolute atomic E-state index is 0.0689. The molecule has 27 heavy (non-hydrogen) atoms. The Kier molecular flexibility index (Phi) is 5.81. The summed E-state index contributed by atoms with van der Waals surface area (Å²) in [5.74, 6) is 0.705. The number of methoxy groups -OCH3 is 3. The fourth-order valence-corrected chi connectivity index (χ4v) is 3.12. The number of anilines is 2. The van der Waals surface area contributed by atoms with Gasteiger partial charge in [0.25, 0.3) is 5.56 Å². The first-order chi connectivity index (χ1) is 13.0. The van der Waals surface area contributed by atoms with Crippen LogP contribution in [0.3, 0.4) is 0 Å². The van der Waals surface area contributed by atoms with Gasteiger partial charge in [-0.15, -0.1) is 0 Å². The lowest BCUT2D eigenvalue weighted by molar-refractivity contribution is 0.143. The first kappa shape index (κ1) is 19.4. The van der Waals surface area contributed by atoms with Gasteiger partial charge in [-0.1, -0.05) is 11.6 Å². The zero-order chi connectivity index (χ0) is 19.6. The maximum absolute atomic E-state index is 13.0. The summed E-state index contributed by atoms with van der Waals surface area (Å²) in [4.78, 5) is 25.5. The van der Waals surface area contributed by atoms with Crippen molar-refractivity contribution >= 4 is 23.1 Å². The van der Waals surface area contributed by atoms with Gasteiger partial charge in [-0.25, -0.2) is 4.98 Å². The molecule has 0 bridgehead atoms. The van der Waals surface area contributed by atoms with Crippen LogP contribution in [0, 0.1) is 12.8 Å². The highest BCUT2D eigenvalue weighted by atomic mass is 35.5. The molecule has 1 fully saturated rings. The van der Waals surface area contributed by atoms with E-state index in [-0.39, 0.29) is 34.5 Å². The molecular weight excluding hydrogens is 374 g/mol. The van der Waals surface area contributed by atoms with Crippen LogP contribution in [0.5, 0.6) is 11.9 Å². The minimum Gasteiger partial charge on any atom is -0.479 e. The highest BCUT2D eigenvalue weighted by Crippen LogP contribution is 2.39. The van der Waals surface area contributed by atoms with Crippen molar-refractivity contribution in [2.75, 3.05) is 33.3 Å². The lowest BCUT2D eigenvalue weighted by Gasteiger charge is -2.20. The zero-order valence-electron chi connectivity index (χ0n) is 15.7. The number of aromatic nitrogens is 4. The van der Waals surface area contributed by atoms with E-state index in [9.17, 15) is 4.79 Å². The molecular formula is C17H22ClN5O4. The van der Waals surface area contributed by atoms with Crippen molar-refractivity contribution in [1.29, 1.82) is 0 Å². The summed E-state index contributed by atoms with van der Waals surface area (Å²) < 4.78 is 17.2. The van der Waals surface area contributed by atoms with E-state index in [4.69, 9.17) is 25.8 Å². The molecule has 0 amide bonds. The van der Waals surface area contributed by atoms with Crippen LogP contribution in [0.25, 0.3) is 0 Å². The van der Waals surface area contributed by atoms with E-state index in [1.54, 1.807) is 24.8 Å². The molecule has 1 aliphatic rings. The molecule has 2 heterocycles. The third-order valence-corrected chi connectivity index (χ3v) is 4.60. The van der Waals surface area contributed by atoms with E-state index in [1.165, 1.54) is 14.2 Å². The third kappa shape index (κ3) is 4.14. The van der Waals surface area contributed by atoms with Crippen molar-refractivity contribution in [3.63, 3.8) is 0 Å². The lowest BCUT2D eigenvalue weighted by atomic mass is 10.2. The average molecular weight is 396 g/mol. The van der Waals surface area contributed by atoms with Gasteiger partial charge in [0.05, 0.1) is 32.6 Å². The van der Waals surface area contributed by atoms with Crippen molar-refractivity contribution in [2.45, 2.75) is 25.8 Å². The van der Waals surface area contributed by atoms with Gasteiger partial charge in [0, 0.05) is 13.3 Å². The SMILES string of the molecule is COC[C@H](C1CC1)n1cc(Cl)nc(Nc2c(C)nc(OC)nc2OC)c1=O. The molecule has 1 aliphatic carbocycles. The quantitative estimate of drug-likeness (QED) is 0.726. The zero-order valence-corrected chi connectivity index (χ0v) is 16.4. The molecule has 0 unspecified atom stereocenters. The van der Waals surface area contributed by atoms with E-state index in [2.05, 4.69) is 20.3 Å². The van der Waals surface area contributed by atoms with Crippen LogP contribution in [0.4, 0.5) is 11.5 Å². The Balaban J connectivity index is 2.02. The molecule has 1 N–H and O–H groups in total. The molecule has 0 spiro atoms. The minimum atomic E-state index is -0.300. The van der Waals surface area contributed by atoms with Gasteiger partial charge >= 0.3 is 6.01 Å². The van der Waals surface area contributed by atoms with Gasteiger partial charge in [0.2, 0.25) is 5.88 Å². The number of hydrogen-bond acceptors (Lipinski definition) is 8. The fraction of sp³-hybridized carbons (Fsp3) is 0.529. The summed E-state index contributed by atoms with van der Waals surface area (Å²) in [6, 6.07) is 0.0823. The number of aryl methyl sites for hydroxylation is 1. The van der Waals surface area contributed by atoms with Crippen LogP contribution in [0.2, 0.25) is 5.15 Å². The predicted octanol–water partition coefficient (Wildman–Crippen LogP) is 2.35. The van der Waals surface area contributed by atoms with Crippen molar-refractivity contribution in [3.8, 4) is 11.9 Å². The van der Waals surface area contributed by atoms with Gasteiger partial charge in [0.1, 0.15) is 10.8 Å². The van der Waals surface area contributed by atoms with E-state index in [1.807, 2.05) is 0 Å². The topological polar surface area (TPSA) is 100 Å². The van der Waals surface area contributed by atoms with Crippen molar-refractivity contribution in [2.24, 2.45) is 5.92 Å². The molecule has 1 atom stereocenters. The van der Waals surface area contributed by atoms with Gasteiger partial charge < -0.3 is 24.1 Å². The number of halogens is 1. The van der Waals surface area contributed by atoms with E-state index >= 15 is 0 Å². The molecule has 2 aromatic heterocycles. The third-order valence-electron chi connectivity index (χ3n) is 4.42. The van der Waals surface area contributed by atoms with Gasteiger partial charge in [-0.2, -0.15) is 9.97 Å². The summed E-state index contributed by atoms with van der Waals surface area (Å²) >= 11 is 6.18. The monoisotopic (exact) mass is 395 g/mol. The summed E-state index contributed by atoms with van der Waals surface area (Å²) in [5, 5.41) is 3.17. The molecule has 0 aromatic carbocycles. The highest BCUT2D eigenvalue weighted by Gasteiger charge is 2.33. The van der Waals surface area contributed by atoms with E-state index < -0.39 is 0 Å². The summed E-state index contributed by atoms with van der Waals surface area (Å²) in [5.41, 5.74) is 0.666. The Morgan fingerprint density at radius 3 is 2.59 bits per heavy atom. The van der Waals surface area contributed by atoms with Gasteiger partial charge in [0.15, 0.2) is 5.82 Å². The Bertz CT molecular complexity index is 884. The lowest BCUT2D eigenvalue weighted by Crippen LogP contribution is -2.31. The number of nitrogens with one attached hydrogen (secondary N) is 1. The van der Waals surface area contributed by atoms with Crippen molar-refractivity contribution < 1.29 is 14.2 Å². The first-order valence-corrected chi connectivity index (χ1v) is 8.87. The second kappa shape index (κ2) is 8.10. The fourth-order valence-electron chi connectivity index (χ4n) is 2.93. The molecule has 146 valence electrons. The maximum atomic E-state index is 13.0. The first-order valence-electron chi connectivity index (χ1n) is 8.49. The van der Waals surface area contributed by atoms with Crippen LogP contribution in [-0.2, 0) is 4.74 Å². The van der Waals surface area contributed by atoms with Crippen molar-refractivity contribution in [3.05, 3.63) is 27.4 Å². The average Bonchev–Trinajstić information content (AvgIpc) is 3.48. The standard InChI is InChI=1S/C17H22ClN5O4/c1-9-13(15(26-3)22-17(19-9)27-4)21-14-16(24)23(7-12(18)20-14)11(8-25-2)10-5-6-10/h7,10-11H,5-6,8H2,1-4H3,(H,20,21)/t11-/m1/s1. The van der Waals surface area contributed by atoms with Crippen LogP contribution < -0.4 is 20.3 Å². The molecule has 1 saturated carbocycles. The molecule has 2 aromatic rings. The Labute approximate surface area is 161 Å². The van der Waals surface area contributed by atoms with Crippen LogP contribution in [-0.4, -0.2) is 47.5 Å².